The van der Waals surface area contributed by atoms with Crippen molar-refractivity contribution in [3.05, 3.63) is 29.3 Å². The van der Waals surface area contributed by atoms with Crippen molar-refractivity contribution in [3.8, 4) is 5.75 Å². The Morgan fingerprint density at radius 3 is 2.56 bits per heavy atom. The Morgan fingerprint density at radius 1 is 1.38 bits per heavy atom. The zero-order valence-corrected chi connectivity index (χ0v) is 9.30. The van der Waals surface area contributed by atoms with Crippen molar-refractivity contribution in [2.24, 2.45) is 0 Å². The zero-order valence-electron chi connectivity index (χ0n) is 9.30. The standard InChI is InChI=1S/C12H14F2O2/c1-3-8-7-9(16-12(13)14)5-6-10(8)11(15)4-2/h5-7,12H,3-4H2,1-2H3. The molecule has 0 aliphatic heterocycles. The highest BCUT2D eigenvalue weighted by Gasteiger charge is 2.11. The molecule has 0 N–H and O–H groups in total. The van der Waals surface area contributed by atoms with Crippen molar-refractivity contribution >= 4 is 5.78 Å². The number of aryl methyl sites for hydroxylation is 1. The van der Waals surface area contributed by atoms with Gasteiger partial charge in [-0.25, -0.2) is 0 Å². The lowest BCUT2D eigenvalue weighted by molar-refractivity contribution is -0.0498. The summed E-state index contributed by atoms with van der Waals surface area (Å²) in [5, 5.41) is 0. The van der Waals surface area contributed by atoms with Gasteiger partial charge in [-0.15, -0.1) is 0 Å². The van der Waals surface area contributed by atoms with Crippen LogP contribution in [0.4, 0.5) is 8.78 Å². The van der Waals surface area contributed by atoms with E-state index in [9.17, 15) is 13.6 Å². The number of rotatable bonds is 5. The van der Waals surface area contributed by atoms with E-state index < -0.39 is 6.61 Å². The van der Waals surface area contributed by atoms with E-state index in [1.165, 1.54) is 12.1 Å². The highest BCUT2D eigenvalue weighted by molar-refractivity contribution is 5.97. The topological polar surface area (TPSA) is 26.3 Å². The van der Waals surface area contributed by atoms with Crippen molar-refractivity contribution < 1.29 is 18.3 Å². The largest absolute Gasteiger partial charge is 0.435 e. The smallest absolute Gasteiger partial charge is 0.387 e. The lowest BCUT2D eigenvalue weighted by Crippen LogP contribution is -2.05. The summed E-state index contributed by atoms with van der Waals surface area (Å²) in [6.07, 6.45) is 1.02. The number of hydrogen-bond acceptors (Lipinski definition) is 2. The van der Waals surface area contributed by atoms with Gasteiger partial charge in [-0.3, -0.25) is 4.79 Å². The molecular weight excluding hydrogens is 214 g/mol. The normalized spacial score (nSPS) is 10.6. The van der Waals surface area contributed by atoms with E-state index in [2.05, 4.69) is 4.74 Å². The number of ether oxygens (including phenoxy) is 1. The molecule has 0 fully saturated rings. The molecule has 0 amide bonds. The second kappa shape index (κ2) is 5.58. The first-order chi connectivity index (χ1) is 7.58. The van der Waals surface area contributed by atoms with Crippen LogP contribution in [0.1, 0.15) is 36.2 Å². The molecular formula is C12H14F2O2. The fourth-order valence-corrected chi connectivity index (χ4v) is 1.50. The molecule has 1 rings (SSSR count). The number of hydrogen-bond donors (Lipinski definition) is 0. The number of halogens is 2. The maximum absolute atomic E-state index is 12.0. The van der Waals surface area contributed by atoms with E-state index in [1.54, 1.807) is 13.0 Å². The van der Waals surface area contributed by atoms with E-state index in [1.807, 2.05) is 6.92 Å². The Balaban J connectivity index is 3.01. The quantitative estimate of drug-likeness (QED) is 0.721. The van der Waals surface area contributed by atoms with Crippen molar-refractivity contribution in [1.29, 1.82) is 0 Å². The van der Waals surface area contributed by atoms with Gasteiger partial charge < -0.3 is 4.74 Å². The molecule has 2 nitrogen and oxygen atoms in total. The van der Waals surface area contributed by atoms with Crippen LogP contribution in [0.25, 0.3) is 0 Å². The van der Waals surface area contributed by atoms with Crippen molar-refractivity contribution in [1.82, 2.24) is 0 Å². The lowest BCUT2D eigenvalue weighted by Gasteiger charge is -2.09. The molecule has 0 aliphatic rings. The minimum atomic E-state index is -2.84. The number of carbonyl (C=O) groups is 1. The van der Waals surface area contributed by atoms with Crippen LogP contribution in [0.3, 0.4) is 0 Å². The van der Waals surface area contributed by atoms with Crippen molar-refractivity contribution in [2.75, 3.05) is 0 Å². The SMILES string of the molecule is CCC(=O)c1ccc(OC(F)F)cc1CC. The number of alkyl halides is 2. The van der Waals surface area contributed by atoms with Crippen LogP contribution in [0.5, 0.6) is 5.75 Å². The summed E-state index contributed by atoms with van der Waals surface area (Å²) < 4.78 is 28.3. The Kier molecular flexibility index (Phi) is 4.40. The highest BCUT2D eigenvalue weighted by Crippen LogP contribution is 2.21. The second-order valence-electron chi connectivity index (χ2n) is 3.33. The fraction of sp³-hybridized carbons (Fsp3) is 0.417. The molecule has 88 valence electrons. The number of carbonyl (C=O) groups excluding carboxylic acids is 1. The van der Waals surface area contributed by atoms with Crippen molar-refractivity contribution in [3.63, 3.8) is 0 Å². The fourth-order valence-electron chi connectivity index (χ4n) is 1.50. The summed E-state index contributed by atoms with van der Waals surface area (Å²) in [6, 6.07) is 4.44. The monoisotopic (exact) mass is 228 g/mol. The third-order valence-corrected chi connectivity index (χ3v) is 2.30. The molecule has 1 aromatic carbocycles. The van der Waals surface area contributed by atoms with Gasteiger partial charge in [0.25, 0.3) is 0 Å². The van der Waals surface area contributed by atoms with Gasteiger partial charge in [0.15, 0.2) is 5.78 Å². The molecule has 0 atom stereocenters. The van der Waals surface area contributed by atoms with E-state index in [-0.39, 0.29) is 11.5 Å². The first kappa shape index (κ1) is 12.6. The van der Waals surface area contributed by atoms with Crippen LogP contribution in [-0.4, -0.2) is 12.4 Å². The van der Waals surface area contributed by atoms with E-state index >= 15 is 0 Å². The third-order valence-electron chi connectivity index (χ3n) is 2.30. The Labute approximate surface area is 93.2 Å². The number of benzene rings is 1. The molecule has 0 aliphatic carbocycles. The van der Waals surface area contributed by atoms with Crippen LogP contribution in [-0.2, 0) is 6.42 Å². The zero-order chi connectivity index (χ0) is 12.1. The molecule has 0 saturated heterocycles. The number of ketones is 1. The van der Waals surface area contributed by atoms with Crippen LogP contribution < -0.4 is 4.74 Å². The summed E-state index contributed by atoms with van der Waals surface area (Å²) in [4.78, 5) is 11.5. The average molecular weight is 228 g/mol. The van der Waals surface area contributed by atoms with Crippen LogP contribution >= 0.6 is 0 Å². The highest BCUT2D eigenvalue weighted by atomic mass is 19.3. The van der Waals surface area contributed by atoms with Gasteiger partial charge in [0.2, 0.25) is 0 Å². The van der Waals surface area contributed by atoms with Crippen molar-refractivity contribution in [2.45, 2.75) is 33.3 Å². The molecule has 0 heterocycles. The molecule has 0 saturated carbocycles. The summed E-state index contributed by atoms with van der Waals surface area (Å²) >= 11 is 0. The molecule has 1 aromatic rings. The van der Waals surface area contributed by atoms with Crippen LogP contribution in [0.2, 0.25) is 0 Å². The van der Waals surface area contributed by atoms with Gasteiger partial charge in [0.1, 0.15) is 5.75 Å². The Morgan fingerprint density at radius 2 is 2.06 bits per heavy atom. The molecule has 4 heteroatoms. The summed E-state index contributed by atoms with van der Waals surface area (Å²) in [5.74, 6) is 0.111. The predicted molar refractivity (Wildman–Crippen MR) is 57.1 cm³/mol. The maximum atomic E-state index is 12.0. The number of Topliss-reactive ketones (excluding diaryl/α,β-unsaturated/α-hetero) is 1. The van der Waals surface area contributed by atoms with Crippen LogP contribution in [0.15, 0.2) is 18.2 Å². The summed E-state index contributed by atoms with van der Waals surface area (Å²) in [7, 11) is 0. The maximum Gasteiger partial charge on any atom is 0.387 e. The average Bonchev–Trinajstić information content (AvgIpc) is 2.27. The second-order valence-corrected chi connectivity index (χ2v) is 3.33. The molecule has 0 spiro atoms. The first-order valence-corrected chi connectivity index (χ1v) is 5.19. The van der Waals surface area contributed by atoms with E-state index in [0.717, 1.165) is 5.56 Å². The van der Waals surface area contributed by atoms with E-state index in [4.69, 9.17) is 0 Å². The van der Waals surface area contributed by atoms with Gasteiger partial charge in [-0.1, -0.05) is 13.8 Å². The summed E-state index contributed by atoms with van der Waals surface area (Å²) in [6.45, 7) is 0.802. The molecule has 0 aromatic heterocycles. The first-order valence-electron chi connectivity index (χ1n) is 5.19. The minimum absolute atomic E-state index is 0.0143. The van der Waals surface area contributed by atoms with Gasteiger partial charge in [-0.2, -0.15) is 8.78 Å². The van der Waals surface area contributed by atoms with Gasteiger partial charge >= 0.3 is 6.61 Å². The van der Waals surface area contributed by atoms with Gasteiger partial charge in [0.05, 0.1) is 0 Å². The van der Waals surface area contributed by atoms with Gasteiger partial charge in [-0.05, 0) is 30.2 Å². The predicted octanol–water partition coefficient (Wildman–Crippen LogP) is 3.44. The minimum Gasteiger partial charge on any atom is -0.435 e. The van der Waals surface area contributed by atoms with E-state index in [0.29, 0.717) is 18.4 Å². The van der Waals surface area contributed by atoms with Gasteiger partial charge in [0, 0.05) is 12.0 Å². The Bertz CT molecular complexity index is 375. The summed E-state index contributed by atoms with van der Waals surface area (Å²) in [5.41, 5.74) is 1.33. The lowest BCUT2D eigenvalue weighted by atomic mass is 10.00. The molecule has 0 bridgehead atoms. The van der Waals surface area contributed by atoms with Crippen LogP contribution in [0, 0.1) is 0 Å². The Hall–Kier alpha value is -1.45. The third kappa shape index (κ3) is 3.02. The molecule has 0 radical (unpaired) electrons. The molecule has 16 heavy (non-hydrogen) atoms. The molecule has 0 unspecified atom stereocenters.